The second-order valence-corrected chi connectivity index (χ2v) is 4.50. The fraction of sp³-hybridized carbons (Fsp3) is 0.500. The van der Waals surface area contributed by atoms with Crippen LogP contribution < -0.4 is 0 Å². The minimum absolute atomic E-state index is 0.168. The quantitative estimate of drug-likeness (QED) is 0.886. The van der Waals surface area contributed by atoms with Crippen LogP contribution in [0.5, 0.6) is 0 Å². The van der Waals surface area contributed by atoms with Gasteiger partial charge in [-0.25, -0.2) is 4.39 Å². The highest BCUT2D eigenvalue weighted by Crippen LogP contribution is 2.21. The van der Waals surface area contributed by atoms with Crippen LogP contribution in [0.25, 0.3) is 0 Å². The van der Waals surface area contributed by atoms with Crippen molar-refractivity contribution in [3.63, 3.8) is 0 Å². The van der Waals surface area contributed by atoms with Gasteiger partial charge in [0.25, 0.3) is 0 Å². The number of benzene rings is 1. The largest absolute Gasteiger partial charge is 0.390 e. The standard InChI is InChI=1S/C12H14ClFO2/c13-9-3-4-10(14)8(6-9)7-11(15)12-2-1-5-16-12/h3-4,6,11-12,15H,1-2,5,7H2. The van der Waals surface area contributed by atoms with Gasteiger partial charge in [-0.05, 0) is 36.6 Å². The smallest absolute Gasteiger partial charge is 0.126 e. The van der Waals surface area contributed by atoms with Crippen LogP contribution in [0.3, 0.4) is 0 Å². The van der Waals surface area contributed by atoms with E-state index >= 15 is 0 Å². The molecule has 1 aliphatic heterocycles. The third-order valence-electron chi connectivity index (χ3n) is 2.83. The summed E-state index contributed by atoms with van der Waals surface area (Å²) in [5.41, 5.74) is 0.440. The third-order valence-corrected chi connectivity index (χ3v) is 3.07. The Kier molecular flexibility index (Phi) is 3.79. The first-order valence-corrected chi connectivity index (χ1v) is 5.78. The summed E-state index contributed by atoms with van der Waals surface area (Å²) < 4.78 is 18.8. The molecule has 2 atom stereocenters. The number of hydrogen-bond donors (Lipinski definition) is 1. The maximum Gasteiger partial charge on any atom is 0.126 e. The summed E-state index contributed by atoms with van der Waals surface area (Å²) in [4.78, 5) is 0. The maximum absolute atomic E-state index is 13.4. The first-order valence-electron chi connectivity index (χ1n) is 5.40. The van der Waals surface area contributed by atoms with Crippen molar-refractivity contribution in [2.45, 2.75) is 31.5 Å². The van der Waals surface area contributed by atoms with E-state index < -0.39 is 6.10 Å². The number of halogens is 2. The van der Waals surface area contributed by atoms with Crippen molar-refractivity contribution in [1.29, 1.82) is 0 Å². The molecule has 2 unspecified atom stereocenters. The summed E-state index contributed by atoms with van der Waals surface area (Å²) in [6, 6.07) is 4.37. The van der Waals surface area contributed by atoms with Crippen molar-refractivity contribution in [1.82, 2.24) is 0 Å². The fourth-order valence-electron chi connectivity index (χ4n) is 1.96. The molecular weight excluding hydrogens is 231 g/mol. The van der Waals surface area contributed by atoms with Gasteiger partial charge < -0.3 is 9.84 Å². The minimum Gasteiger partial charge on any atom is -0.390 e. The topological polar surface area (TPSA) is 29.5 Å². The van der Waals surface area contributed by atoms with Crippen molar-refractivity contribution in [3.05, 3.63) is 34.6 Å². The number of aliphatic hydroxyl groups excluding tert-OH is 1. The molecule has 2 rings (SSSR count). The summed E-state index contributed by atoms with van der Waals surface area (Å²) in [6.07, 6.45) is 1.22. The van der Waals surface area contributed by atoms with Gasteiger partial charge in [0, 0.05) is 18.1 Å². The number of hydrogen-bond acceptors (Lipinski definition) is 2. The van der Waals surface area contributed by atoms with E-state index in [4.69, 9.17) is 16.3 Å². The van der Waals surface area contributed by atoms with E-state index in [1.807, 2.05) is 0 Å². The van der Waals surface area contributed by atoms with E-state index in [0.29, 0.717) is 17.2 Å². The Bertz CT molecular complexity index is 364. The SMILES string of the molecule is OC(Cc1cc(Cl)ccc1F)C1CCCO1. The second kappa shape index (κ2) is 5.13. The van der Waals surface area contributed by atoms with Gasteiger partial charge in [-0.1, -0.05) is 11.6 Å². The zero-order valence-electron chi connectivity index (χ0n) is 8.83. The molecule has 1 aliphatic rings. The average molecular weight is 245 g/mol. The summed E-state index contributed by atoms with van der Waals surface area (Å²) in [6.45, 7) is 0.680. The van der Waals surface area contributed by atoms with Crippen LogP contribution in [-0.2, 0) is 11.2 Å². The van der Waals surface area contributed by atoms with Crippen LogP contribution in [0.2, 0.25) is 5.02 Å². The molecule has 0 amide bonds. The van der Waals surface area contributed by atoms with E-state index in [1.54, 1.807) is 6.07 Å². The van der Waals surface area contributed by atoms with Gasteiger partial charge in [0.1, 0.15) is 5.82 Å². The molecule has 0 aliphatic carbocycles. The molecule has 0 saturated carbocycles. The lowest BCUT2D eigenvalue weighted by molar-refractivity contribution is -0.00112. The molecule has 0 spiro atoms. The molecule has 1 fully saturated rings. The first-order chi connectivity index (χ1) is 7.66. The van der Waals surface area contributed by atoms with Crippen LogP contribution in [0, 0.1) is 5.82 Å². The maximum atomic E-state index is 13.4. The molecule has 1 saturated heterocycles. The Morgan fingerprint density at radius 3 is 3.06 bits per heavy atom. The lowest BCUT2D eigenvalue weighted by atomic mass is 10.0. The molecule has 16 heavy (non-hydrogen) atoms. The summed E-state index contributed by atoms with van der Waals surface area (Å²) in [5.74, 6) is -0.332. The Balaban J connectivity index is 2.04. The molecule has 0 bridgehead atoms. The second-order valence-electron chi connectivity index (χ2n) is 4.06. The summed E-state index contributed by atoms with van der Waals surface area (Å²) >= 11 is 5.78. The highest BCUT2D eigenvalue weighted by molar-refractivity contribution is 6.30. The van der Waals surface area contributed by atoms with Crippen molar-refractivity contribution in [2.75, 3.05) is 6.61 Å². The van der Waals surface area contributed by atoms with E-state index in [0.717, 1.165) is 12.8 Å². The minimum atomic E-state index is -0.657. The number of rotatable bonds is 3. The third kappa shape index (κ3) is 2.73. The Morgan fingerprint density at radius 2 is 2.38 bits per heavy atom. The van der Waals surface area contributed by atoms with Crippen LogP contribution in [0.15, 0.2) is 18.2 Å². The Hall–Kier alpha value is -0.640. The molecule has 0 aromatic heterocycles. The predicted octanol–water partition coefficient (Wildman–Crippen LogP) is 2.56. The fourth-order valence-corrected chi connectivity index (χ4v) is 2.16. The molecule has 4 heteroatoms. The van der Waals surface area contributed by atoms with E-state index in [2.05, 4.69) is 0 Å². The van der Waals surface area contributed by atoms with Gasteiger partial charge in [-0.2, -0.15) is 0 Å². The molecule has 1 heterocycles. The van der Waals surface area contributed by atoms with Crippen molar-refractivity contribution >= 4 is 11.6 Å². The summed E-state index contributed by atoms with van der Waals surface area (Å²) in [5, 5.41) is 10.4. The van der Waals surface area contributed by atoms with E-state index in [1.165, 1.54) is 12.1 Å². The lowest BCUT2D eigenvalue weighted by Gasteiger charge is -2.17. The normalized spacial score (nSPS) is 22.3. The van der Waals surface area contributed by atoms with Gasteiger partial charge in [0.2, 0.25) is 0 Å². The van der Waals surface area contributed by atoms with Crippen molar-refractivity contribution in [2.24, 2.45) is 0 Å². The van der Waals surface area contributed by atoms with Crippen molar-refractivity contribution in [3.8, 4) is 0 Å². The van der Waals surface area contributed by atoms with E-state index in [9.17, 15) is 9.50 Å². The van der Waals surface area contributed by atoms with Crippen LogP contribution >= 0.6 is 11.6 Å². The molecular formula is C12H14ClFO2. The highest BCUT2D eigenvalue weighted by Gasteiger charge is 2.24. The van der Waals surface area contributed by atoms with Gasteiger partial charge in [0.05, 0.1) is 12.2 Å². The predicted molar refractivity (Wildman–Crippen MR) is 60.1 cm³/mol. The van der Waals surface area contributed by atoms with Gasteiger partial charge in [-0.3, -0.25) is 0 Å². The van der Waals surface area contributed by atoms with Crippen LogP contribution in [-0.4, -0.2) is 23.9 Å². The molecule has 0 radical (unpaired) electrons. The summed E-state index contributed by atoms with van der Waals surface area (Å²) in [7, 11) is 0. The van der Waals surface area contributed by atoms with Gasteiger partial charge >= 0.3 is 0 Å². The molecule has 2 nitrogen and oxygen atoms in total. The average Bonchev–Trinajstić information content (AvgIpc) is 2.76. The van der Waals surface area contributed by atoms with Crippen LogP contribution in [0.4, 0.5) is 4.39 Å². The van der Waals surface area contributed by atoms with Gasteiger partial charge in [-0.15, -0.1) is 0 Å². The monoisotopic (exact) mass is 244 g/mol. The zero-order chi connectivity index (χ0) is 11.5. The lowest BCUT2D eigenvalue weighted by Crippen LogP contribution is -2.27. The van der Waals surface area contributed by atoms with E-state index in [-0.39, 0.29) is 18.3 Å². The Labute approximate surface area is 99.0 Å². The molecule has 1 aromatic rings. The zero-order valence-corrected chi connectivity index (χ0v) is 9.58. The molecule has 88 valence electrons. The number of aliphatic hydroxyl groups is 1. The van der Waals surface area contributed by atoms with Crippen molar-refractivity contribution < 1.29 is 14.2 Å². The highest BCUT2D eigenvalue weighted by atomic mass is 35.5. The van der Waals surface area contributed by atoms with Gasteiger partial charge in [0.15, 0.2) is 0 Å². The van der Waals surface area contributed by atoms with Crippen LogP contribution in [0.1, 0.15) is 18.4 Å². The molecule has 1 N–H and O–H groups in total. The molecule has 1 aromatic carbocycles. The number of ether oxygens (including phenoxy) is 1. The first kappa shape index (κ1) is 11.8. The Morgan fingerprint density at radius 1 is 1.56 bits per heavy atom.